The molecule has 0 spiro atoms. The number of likely N-dealkylation sites (N-methyl/N-ethyl adjacent to an activating group) is 1. The minimum absolute atomic E-state index is 0.154. The van der Waals surface area contributed by atoms with Crippen molar-refractivity contribution in [2.24, 2.45) is 0 Å². The van der Waals surface area contributed by atoms with Crippen LogP contribution in [0.1, 0.15) is 16.7 Å². The van der Waals surface area contributed by atoms with E-state index < -0.39 is 11.7 Å². The number of para-hydroxylation sites is 1. The fourth-order valence-corrected chi connectivity index (χ4v) is 5.05. The lowest BCUT2D eigenvalue weighted by molar-refractivity contribution is -0.892. The average molecular weight is 527 g/mol. The molecule has 1 unspecified atom stereocenters. The molecular weight excluding hydrogens is 499 g/mol. The van der Waals surface area contributed by atoms with E-state index in [1.165, 1.54) is 39.3 Å². The lowest BCUT2D eigenvalue weighted by Gasteiger charge is -2.29. The standard InChI is InChI=1S/C28H26F3N3O2S/c1-33(18-21-7-3-2-4-8-21)16-15-32-26(35)19-34-23-9-5-6-10-24(23)37-25(27(34)36)17-20-11-13-22(14-12-20)28(29,30)31/h2-14,17H,15-16,18-19H2,1H3,(H,32,35)/p+1. The van der Waals surface area contributed by atoms with Crippen LogP contribution in [0.5, 0.6) is 0 Å². The number of nitrogens with one attached hydrogen (secondary N) is 2. The van der Waals surface area contributed by atoms with Crippen LogP contribution in [0.15, 0.2) is 88.7 Å². The van der Waals surface area contributed by atoms with Gasteiger partial charge < -0.3 is 10.2 Å². The number of carbonyl (C=O) groups excluding carboxylic acids is 2. The highest BCUT2D eigenvalue weighted by atomic mass is 32.2. The molecule has 37 heavy (non-hydrogen) atoms. The zero-order chi connectivity index (χ0) is 26.4. The Kier molecular flexibility index (Phi) is 8.35. The fourth-order valence-electron chi connectivity index (χ4n) is 3.99. The summed E-state index contributed by atoms with van der Waals surface area (Å²) in [5, 5.41) is 2.90. The minimum Gasteiger partial charge on any atom is -0.349 e. The molecule has 9 heteroatoms. The van der Waals surface area contributed by atoms with Gasteiger partial charge in [0.05, 0.1) is 36.3 Å². The highest BCUT2D eigenvalue weighted by Gasteiger charge is 2.31. The number of amides is 2. The minimum atomic E-state index is -4.43. The number of rotatable bonds is 8. The van der Waals surface area contributed by atoms with Crippen molar-refractivity contribution in [2.45, 2.75) is 17.6 Å². The Morgan fingerprint density at radius 2 is 1.68 bits per heavy atom. The lowest BCUT2D eigenvalue weighted by atomic mass is 10.1. The monoisotopic (exact) mass is 526 g/mol. The fraction of sp³-hybridized carbons (Fsp3) is 0.214. The second kappa shape index (κ2) is 11.7. The van der Waals surface area contributed by atoms with Crippen molar-refractivity contribution in [3.05, 3.63) is 100 Å². The van der Waals surface area contributed by atoms with E-state index in [2.05, 4.69) is 24.5 Å². The van der Waals surface area contributed by atoms with Gasteiger partial charge in [0.1, 0.15) is 13.1 Å². The van der Waals surface area contributed by atoms with E-state index in [9.17, 15) is 22.8 Å². The summed E-state index contributed by atoms with van der Waals surface area (Å²) in [6.07, 6.45) is -2.88. The van der Waals surface area contributed by atoms with Crippen LogP contribution in [0.4, 0.5) is 18.9 Å². The van der Waals surface area contributed by atoms with Crippen LogP contribution in [-0.2, 0) is 22.3 Å². The first-order valence-corrected chi connectivity index (χ1v) is 12.6. The van der Waals surface area contributed by atoms with Gasteiger partial charge in [0, 0.05) is 10.5 Å². The number of quaternary nitrogens is 1. The first-order chi connectivity index (χ1) is 17.7. The van der Waals surface area contributed by atoms with Crippen LogP contribution in [0, 0.1) is 0 Å². The van der Waals surface area contributed by atoms with Crippen molar-refractivity contribution in [3.63, 3.8) is 0 Å². The zero-order valence-corrected chi connectivity index (χ0v) is 21.0. The molecule has 1 heterocycles. The number of benzene rings is 3. The Morgan fingerprint density at radius 1 is 1.00 bits per heavy atom. The van der Waals surface area contributed by atoms with E-state index in [1.54, 1.807) is 18.2 Å². The molecule has 0 aliphatic carbocycles. The molecule has 5 nitrogen and oxygen atoms in total. The van der Waals surface area contributed by atoms with Gasteiger partial charge in [-0.05, 0) is 35.9 Å². The molecule has 1 aliphatic heterocycles. The molecule has 0 bridgehead atoms. The maximum atomic E-state index is 13.3. The predicted octanol–water partition coefficient (Wildman–Crippen LogP) is 4.02. The highest BCUT2D eigenvalue weighted by molar-refractivity contribution is 8.04. The van der Waals surface area contributed by atoms with Crippen molar-refractivity contribution in [2.75, 3.05) is 31.6 Å². The molecule has 4 rings (SSSR count). The van der Waals surface area contributed by atoms with Crippen molar-refractivity contribution < 1.29 is 27.7 Å². The van der Waals surface area contributed by atoms with Gasteiger partial charge in [-0.2, -0.15) is 13.2 Å². The Bertz CT molecular complexity index is 1280. The van der Waals surface area contributed by atoms with Gasteiger partial charge in [-0.1, -0.05) is 66.4 Å². The SMILES string of the molecule is C[NH+](CCNC(=O)CN1C(=O)C(=Cc2ccc(C(F)(F)F)cc2)Sc2ccccc21)Cc1ccccc1. The van der Waals surface area contributed by atoms with Crippen molar-refractivity contribution in [1.29, 1.82) is 0 Å². The second-order valence-corrected chi connectivity index (χ2v) is 9.89. The van der Waals surface area contributed by atoms with E-state index in [1.807, 2.05) is 30.3 Å². The molecule has 1 atom stereocenters. The maximum Gasteiger partial charge on any atom is 0.416 e. The molecule has 0 aromatic heterocycles. The predicted molar refractivity (Wildman–Crippen MR) is 139 cm³/mol. The molecule has 0 saturated heterocycles. The molecule has 0 fully saturated rings. The Labute approximate surface area is 218 Å². The summed E-state index contributed by atoms with van der Waals surface area (Å²) < 4.78 is 38.7. The number of alkyl halides is 3. The summed E-state index contributed by atoms with van der Waals surface area (Å²) in [6.45, 7) is 1.87. The first-order valence-electron chi connectivity index (χ1n) is 11.8. The van der Waals surface area contributed by atoms with Gasteiger partial charge in [0.2, 0.25) is 5.91 Å². The molecular formula is C28H27F3N3O2S+. The third kappa shape index (κ3) is 7.02. The number of halogens is 3. The summed E-state index contributed by atoms with van der Waals surface area (Å²) in [5.74, 6) is -0.651. The van der Waals surface area contributed by atoms with Crippen LogP contribution >= 0.6 is 11.8 Å². The highest BCUT2D eigenvalue weighted by Crippen LogP contribution is 2.42. The summed E-state index contributed by atoms with van der Waals surface area (Å²) in [5.41, 5.74) is 1.56. The summed E-state index contributed by atoms with van der Waals surface area (Å²) >= 11 is 1.24. The number of anilines is 1. The van der Waals surface area contributed by atoms with Gasteiger partial charge in [-0.3, -0.25) is 14.5 Å². The molecule has 2 N–H and O–H groups in total. The molecule has 0 radical (unpaired) electrons. The first kappa shape index (κ1) is 26.5. The van der Waals surface area contributed by atoms with Crippen LogP contribution in [0.2, 0.25) is 0 Å². The zero-order valence-electron chi connectivity index (χ0n) is 20.2. The normalized spacial score (nSPS) is 15.4. The van der Waals surface area contributed by atoms with Crippen LogP contribution in [-0.4, -0.2) is 38.5 Å². The van der Waals surface area contributed by atoms with E-state index in [4.69, 9.17) is 0 Å². The Morgan fingerprint density at radius 3 is 2.38 bits per heavy atom. The topological polar surface area (TPSA) is 53.9 Å². The van der Waals surface area contributed by atoms with Crippen molar-refractivity contribution in [3.8, 4) is 0 Å². The van der Waals surface area contributed by atoms with Crippen molar-refractivity contribution in [1.82, 2.24) is 5.32 Å². The van der Waals surface area contributed by atoms with E-state index in [0.717, 1.165) is 30.1 Å². The molecule has 1 aliphatic rings. The van der Waals surface area contributed by atoms with Crippen LogP contribution in [0.3, 0.4) is 0 Å². The van der Waals surface area contributed by atoms with Crippen LogP contribution < -0.4 is 15.1 Å². The quantitative estimate of drug-likeness (QED) is 0.436. The number of carbonyl (C=O) groups is 2. The number of hydrogen-bond acceptors (Lipinski definition) is 3. The van der Waals surface area contributed by atoms with Gasteiger partial charge in [-0.15, -0.1) is 0 Å². The number of fused-ring (bicyclic) bond motifs is 1. The van der Waals surface area contributed by atoms with Crippen molar-refractivity contribution >= 4 is 35.3 Å². The summed E-state index contributed by atoms with van der Waals surface area (Å²) in [6, 6.07) is 22.0. The number of thioether (sulfide) groups is 1. The summed E-state index contributed by atoms with van der Waals surface area (Å²) in [4.78, 5) is 29.8. The second-order valence-electron chi connectivity index (χ2n) is 8.81. The third-order valence-corrected chi connectivity index (χ3v) is 6.97. The molecule has 3 aromatic rings. The molecule has 2 amide bonds. The molecule has 0 saturated carbocycles. The maximum absolute atomic E-state index is 13.3. The molecule has 192 valence electrons. The number of hydrogen-bond donors (Lipinski definition) is 2. The summed E-state index contributed by atoms with van der Waals surface area (Å²) in [7, 11) is 2.05. The largest absolute Gasteiger partial charge is 0.416 e. The van der Waals surface area contributed by atoms with E-state index >= 15 is 0 Å². The van der Waals surface area contributed by atoms with Gasteiger partial charge >= 0.3 is 6.18 Å². The number of nitrogens with zero attached hydrogens (tertiary/aromatic N) is 1. The van der Waals surface area contributed by atoms with Gasteiger partial charge in [-0.25, -0.2) is 0 Å². The third-order valence-electron chi connectivity index (χ3n) is 5.89. The molecule has 3 aromatic carbocycles. The smallest absolute Gasteiger partial charge is 0.349 e. The van der Waals surface area contributed by atoms with Gasteiger partial charge in [0.25, 0.3) is 5.91 Å². The lowest BCUT2D eigenvalue weighted by Crippen LogP contribution is -3.08. The van der Waals surface area contributed by atoms with E-state index in [0.29, 0.717) is 22.7 Å². The average Bonchev–Trinajstić information content (AvgIpc) is 2.87. The van der Waals surface area contributed by atoms with Gasteiger partial charge in [0.15, 0.2) is 0 Å². The Balaban J connectivity index is 1.41. The Hall–Kier alpha value is -3.56. The van der Waals surface area contributed by atoms with Crippen LogP contribution in [0.25, 0.3) is 6.08 Å². The van der Waals surface area contributed by atoms with E-state index in [-0.39, 0.29) is 18.4 Å².